The maximum absolute atomic E-state index is 8.44. The van der Waals surface area contributed by atoms with Crippen LogP contribution in [0.1, 0.15) is 5.56 Å². The molecule has 1 heterocycles. The maximum atomic E-state index is 8.44. The molecule has 0 saturated carbocycles. The monoisotopic (exact) mass is 277 g/mol. The summed E-state index contributed by atoms with van der Waals surface area (Å²) >= 11 is 0. The van der Waals surface area contributed by atoms with Crippen molar-refractivity contribution in [1.29, 1.82) is 0 Å². The highest BCUT2D eigenvalue weighted by Crippen LogP contribution is 2.33. The quantitative estimate of drug-likeness (QED) is 0.447. The number of H-pyrrole nitrogens is 1. The van der Waals surface area contributed by atoms with Gasteiger partial charge in [-0.15, -0.1) is 10.2 Å². The number of benzene rings is 2. The highest BCUT2D eigenvalue weighted by molar-refractivity contribution is 5.82. The number of hydrogen-bond acceptors (Lipinski definition) is 4. The Morgan fingerprint density at radius 3 is 2.62 bits per heavy atom. The number of aromatic nitrogens is 4. The van der Waals surface area contributed by atoms with Crippen LogP contribution < -0.4 is 0 Å². The molecule has 3 rings (SSSR count). The Bertz CT molecular complexity index is 800. The first-order valence-corrected chi connectivity index (χ1v) is 6.28. The highest BCUT2D eigenvalue weighted by atomic mass is 15.5. The number of tetrazole rings is 1. The molecule has 0 aliphatic carbocycles. The summed E-state index contributed by atoms with van der Waals surface area (Å²) in [5.74, 6) is 0.558. The molecule has 7 heteroatoms. The number of aromatic amines is 1. The molecule has 21 heavy (non-hydrogen) atoms. The fourth-order valence-corrected chi connectivity index (χ4v) is 2.23. The summed E-state index contributed by atoms with van der Waals surface area (Å²) in [5, 5.41) is 17.8. The van der Waals surface area contributed by atoms with E-state index < -0.39 is 0 Å². The first kappa shape index (κ1) is 12.8. The molecule has 0 bridgehead atoms. The molecule has 102 valence electrons. The third-order valence-electron chi connectivity index (χ3n) is 3.18. The van der Waals surface area contributed by atoms with Crippen molar-refractivity contribution in [1.82, 2.24) is 20.6 Å². The number of aryl methyl sites for hydroxylation is 1. The van der Waals surface area contributed by atoms with E-state index in [1.165, 1.54) is 0 Å². The first-order valence-electron chi connectivity index (χ1n) is 6.28. The number of rotatable bonds is 3. The zero-order valence-electron chi connectivity index (χ0n) is 11.2. The Balaban J connectivity index is 2.14. The number of nitrogens with one attached hydrogen (secondary N) is 1. The van der Waals surface area contributed by atoms with E-state index in [9.17, 15) is 0 Å². The first-order chi connectivity index (χ1) is 10.3. The lowest BCUT2D eigenvalue weighted by molar-refractivity contribution is 0.881. The number of nitrogens with zero attached hydrogens (tertiary/aromatic N) is 6. The van der Waals surface area contributed by atoms with E-state index >= 15 is 0 Å². The van der Waals surface area contributed by atoms with Crippen molar-refractivity contribution < 1.29 is 0 Å². The van der Waals surface area contributed by atoms with Gasteiger partial charge in [-0.25, -0.2) is 0 Å². The SMILES string of the molecule is Cc1cccc(-c2ccc(N=[N+]=[N-])cc2)c1-c1nn[nH]n1. The second-order valence-corrected chi connectivity index (χ2v) is 4.47. The predicted octanol–water partition coefficient (Wildman–Crippen LogP) is 3.78. The van der Waals surface area contributed by atoms with E-state index in [0.29, 0.717) is 11.5 Å². The van der Waals surface area contributed by atoms with E-state index in [1.54, 1.807) is 12.1 Å². The Morgan fingerprint density at radius 2 is 1.95 bits per heavy atom. The van der Waals surface area contributed by atoms with E-state index in [4.69, 9.17) is 5.53 Å². The van der Waals surface area contributed by atoms with Gasteiger partial charge in [0.15, 0.2) is 0 Å². The lowest BCUT2D eigenvalue weighted by Crippen LogP contribution is -1.91. The van der Waals surface area contributed by atoms with Crippen LogP contribution in [0.2, 0.25) is 0 Å². The highest BCUT2D eigenvalue weighted by Gasteiger charge is 2.13. The van der Waals surface area contributed by atoms with Crippen LogP contribution in [0.4, 0.5) is 5.69 Å². The minimum atomic E-state index is 0.558. The van der Waals surface area contributed by atoms with Gasteiger partial charge in [0.25, 0.3) is 0 Å². The summed E-state index contributed by atoms with van der Waals surface area (Å²) in [7, 11) is 0. The van der Waals surface area contributed by atoms with E-state index in [0.717, 1.165) is 22.3 Å². The lowest BCUT2D eigenvalue weighted by atomic mass is 9.95. The predicted molar refractivity (Wildman–Crippen MR) is 78.6 cm³/mol. The molecular weight excluding hydrogens is 266 g/mol. The van der Waals surface area contributed by atoms with Crippen molar-refractivity contribution in [3.8, 4) is 22.5 Å². The lowest BCUT2D eigenvalue weighted by Gasteiger charge is -2.10. The molecule has 3 aromatic rings. The largest absolute Gasteiger partial charge is 0.205 e. The van der Waals surface area contributed by atoms with Crippen LogP contribution in [0.5, 0.6) is 0 Å². The molecule has 2 aromatic carbocycles. The number of hydrogen-bond donors (Lipinski definition) is 1. The Morgan fingerprint density at radius 1 is 1.14 bits per heavy atom. The molecular formula is C14H11N7. The normalized spacial score (nSPS) is 10.1. The average Bonchev–Trinajstić information content (AvgIpc) is 3.02. The summed E-state index contributed by atoms with van der Waals surface area (Å²) in [6, 6.07) is 13.3. The third kappa shape index (κ3) is 2.45. The molecule has 7 nitrogen and oxygen atoms in total. The van der Waals surface area contributed by atoms with Crippen molar-refractivity contribution in [2.75, 3.05) is 0 Å². The maximum Gasteiger partial charge on any atom is 0.205 e. The van der Waals surface area contributed by atoms with E-state index in [2.05, 4.69) is 30.7 Å². The summed E-state index contributed by atoms with van der Waals surface area (Å²) in [6.45, 7) is 2.00. The minimum absolute atomic E-state index is 0.558. The molecule has 0 saturated heterocycles. The van der Waals surface area contributed by atoms with Crippen molar-refractivity contribution in [3.05, 3.63) is 58.5 Å². The minimum Gasteiger partial charge on any atom is -0.177 e. The second-order valence-electron chi connectivity index (χ2n) is 4.47. The van der Waals surface area contributed by atoms with E-state index in [-0.39, 0.29) is 0 Å². The topological polar surface area (TPSA) is 103 Å². The van der Waals surface area contributed by atoms with Crippen LogP contribution in [0.15, 0.2) is 47.6 Å². The molecule has 0 fully saturated rings. The Labute approximate surface area is 120 Å². The molecule has 0 aliphatic rings. The zero-order chi connectivity index (χ0) is 14.7. The van der Waals surface area contributed by atoms with Crippen molar-refractivity contribution >= 4 is 5.69 Å². The molecule has 0 amide bonds. The standard InChI is InChI=1S/C14H11N7/c1-9-3-2-4-12(13(9)14-17-20-21-18-14)10-5-7-11(8-6-10)16-19-15/h2-8H,1H3,(H,17,18,20,21). The van der Waals surface area contributed by atoms with Crippen LogP contribution in [0.25, 0.3) is 33.0 Å². The summed E-state index contributed by atoms with van der Waals surface area (Å²) in [5.41, 5.74) is 13.0. The molecule has 0 spiro atoms. The molecule has 1 aromatic heterocycles. The molecule has 0 radical (unpaired) electrons. The summed E-state index contributed by atoms with van der Waals surface area (Å²) < 4.78 is 0. The van der Waals surface area contributed by atoms with Crippen molar-refractivity contribution in [2.45, 2.75) is 6.92 Å². The van der Waals surface area contributed by atoms with Gasteiger partial charge in [-0.3, -0.25) is 0 Å². The van der Waals surface area contributed by atoms with Crippen LogP contribution in [-0.2, 0) is 0 Å². The van der Waals surface area contributed by atoms with Crippen molar-refractivity contribution in [3.63, 3.8) is 0 Å². The van der Waals surface area contributed by atoms with E-state index in [1.807, 2.05) is 37.3 Å². The average molecular weight is 277 g/mol. The van der Waals surface area contributed by atoms with Crippen LogP contribution in [0.3, 0.4) is 0 Å². The van der Waals surface area contributed by atoms with Crippen LogP contribution >= 0.6 is 0 Å². The Hall–Kier alpha value is -3.18. The fraction of sp³-hybridized carbons (Fsp3) is 0.0714. The molecule has 1 N–H and O–H groups in total. The summed E-state index contributed by atoms with van der Waals surface area (Å²) in [6.07, 6.45) is 0. The van der Waals surface area contributed by atoms with Crippen molar-refractivity contribution in [2.24, 2.45) is 5.11 Å². The molecule has 0 unspecified atom stereocenters. The second kappa shape index (κ2) is 5.44. The Kier molecular flexibility index (Phi) is 3.32. The molecule has 0 atom stereocenters. The van der Waals surface area contributed by atoms with Gasteiger partial charge >= 0.3 is 0 Å². The third-order valence-corrected chi connectivity index (χ3v) is 3.18. The van der Waals surface area contributed by atoms with Gasteiger partial charge in [-0.1, -0.05) is 47.6 Å². The van der Waals surface area contributed by atoms with Gasteiger partial charge in [0.2, 0.25) is 5.82 Å². The van der Waals surface area contributed by atoms with Gasteiger partial charge < -0.3 is 0 Å². The van der Waals surface area contributed by atoms with Crippen LogP contribution in [-0.4, -0.2) is 20.6 Å². The van der Waals surface area contributed by atoms with Gasteiger partial charge in [-0.2, -0.15) is 5.21 Å². The number of azide groups is 1. The van der Waals surface area contributed by atoms with Gasteiger partial charge in [0.1, 0.15) is 0 Å². The van der Waals surface area contributed by atoms with Gasteiger partial charge in [0.05, 0.1) is 0 Å². The molecule has 0 aliphatic heterocycles. The van der Waals surface area contributed by atoms with Crippen LogP contribution in [0, 0.1) is 6.92 Å². The van der Waals surface area contributed by atoms with Gasteiger partial charge in [0, 0.05) is 16.2 Å². The fourth-order valence-electron chi connectivity index (χ4n) is 2.23. The smallest absolute Gasteiger partial charge is 0.177 e. The van der Waals surface area contributed by atoms with Gasteiger partial charge in [-0.05, 0) is 34.4 Å². The summed E-state index contributed by atoms with van der Waals surface area (Å²) in [4.78, 5) is 2.77. The zero-order valence-corrected chi connectivity index (χ0v) is 11.2.